The first kappa shape index (κ1) is 104. The van der Waals surface area contributed by atoms with Crippen molar-refractivity contribution in [3.8, 4) is 0 Å². The van der Waals surface area contributed by atoms with E-state index in [2.05, 4.69) is 62.1 Å². The van der Waals surface area contributed by atoms with Crippen molar-refractivity contribution >= 4 is 29.6 Å². The van der Waals surface area contributed by atoms with Gasteiger partial charge in [-0.1, -0.05) is 27.3 Å². The maximum Gasteiger partial charge on any atom is 0.320 e. The van der Waals surface area contributed by atoms with Crippen LogP contribution in [0.25, 0.3) is 0 Å². The molecule has 5 aliphatic rings. The molecule has 5 saturated heterocycles. The number of carboxylic acids is 1. The average molecular weight is 1820 g/mol. The van der Waals surface area contributed by atoms with Crippen molar-refractivity contribution in [2.75, 3.05) is 172 Å². The fourth-order valence-corrected chi connectivity index (χ4v) is 15.0. The number of fused-ring (bicyclic) bond motifs is 1. The quantitative estimate of drug-likeness (QED) is 0.0111. The van der Waals surface area contributed by atoms with Crippen LogP contribution in [0, 0.1) is 0 Å². The van der Waals surface area contributed by atoms with Crippen molar-refractivity contribution in [2.45, 2.75) is 228 Å². The smallest absolute Gasteiger partial charge is 0.320 e. The normalized spacial score (nSPS) is 28.6. The van der Waals surface area contributed by atoms with E-state index < -0.39 is 189 Å². The minimum atomic E-state index is -1.87. The molecule has 22 atom stereocenters. The molecule has 52 nitrogen and oxygen atoms in total. The van der Waals surface area contributed by atoms with Gasteiger partial charge in [-0.05, 0) is 19.4 Å². The molecule has 16 N–H and O–H groups in total. The monoisotopic (exact) mass is 1820 g/mol. The molecule has 0 radical (unpaired) electrons. The Morgan fingerprint density at radius 1 is 0.425 bits per heavy atom. The van der Waals surface area contributed by atoms with E-state index in [-0.39, 0.29) is 165 Å². The van der Waals surface area contributed by atoms with Gasteiger partial charge in [0.15, 0.2) is 25.0 Å². The standard InChI is InChI=1S/C75H126N18O34/c1-46(98)76-59-65(105)62(102)55(42-94)124-71(59)120-30-26-116-22-18-112-14-10-89-38-50(79-83-89)34-87(35-51-39-90(84-80-51)11-15-113-21-25-119-29-33-123-74-68-75(111,93(68,5)49(4)101)69(108)58(45-97)127-74)9-7-6-8-54(70(109)110)88(36-52-40-91(85-81-52)12-16-114-19-23-117-27-31-121-72-60(77-47(2)99)66(106)63(103)56(43-95)125-72)37-53-41-92(86-82-53)13-17-115-20-24-118-28-32-122-73-61(78-48(3)100)67(107)64(104)57(44-96)126-73/h38-41,54-69,71-74,94-97,102-108,111H,6-37,42-45H2,1-5H3,(H3-,76,77,78,98,99,100,109,110)/p+1/t54-,55?,56?,57?,58?,59?,60?,61?,62?,63?,64?,65?,66?,67?,68?,69?,71?,72?,73?,74?,75?,93?/m0/s1. The van der Waals surface area contributed by atoms with Gasteiger partial charge in [0, 0.05) is 71.7 Å². The van der Waals surface area contributed by atoms with Crippen LogP contribution in [0.4, 0.5) is 0 Å². The van der Waals surface area contributed by atoms with Crippen LogP contribution in [0.15, 0.2) is 24.8 Å². The Kier molecular flexibility index (Phi) is 43.1. The molecule has 4 aromatic heterocycles. The van der Waals surface area contributed by atoms with E-state index in [0.717, 1.165) is 0 Å². The zero-order valence-corrected chi connectivity index (χ0v) is 71.9. The highest BCUT2D eigenvalue weighted by molar-refractivity contribution is 5.74. The second-order valence-electron chi connectivity index (χ2n) is 31.0. The number of ether oxygens (including phenoxy) is 16. The number of nitrogens with one attached hydrogen (secondary N) is 3. The van der Waals surface area contributed by atoms with E-state index in [1.54, 1.807) is 48.4 Å². The summed E-state index contributed by atoms with van der Waals surface area (Å²) in [6, 6.07) is -5.29. The second kappa shape index (κ2) is 52.8. The first-order chi connectivity index (χ1) is 61.1. The third-order valence-electron chi connectivity index (χ3n) is 21.8. The van der Waals surface area contributed by atoms with Crippen LogP contribution < -0.4 is 16.0 Å². The fourth-order valence-electron chi connectivity index (χ4n) is 15.0. The summed E-state index contributed by atoms with van der Waals surface area (Å²) in [5, 5.41) is 177. The van der Waals surface area contributed by atoms with Gasteiger partial charge in [-0.25, -0.2) is 28.0 Å². The summed E-state index contributed by atoms with van der Waals surface area (Å²) in [6.45, 7) is 7.42. The molecule has 5 aliphatic heterocycles. The maximum atomic E-state index is 13.6. The van der Waals surface area contributed by atoms with Gasteiger partial charge in [0.05, 0.1) is 221 Å². The number of likely N-dealkylation sites (N-methyl/N-ethyl adjacent to an activating group) is 1. The molecular weight excluding hydrogens is 1700 g/mol. The molecule has 9 rings (SSSR count). The highest BCUT2D eigenvalue weighted by Crippen LogP contribution is 2.56. The number of carboxylic acid groups (broad SMARTS) is 1. The van der Waals surface area contributed by atoms with Crippen LogP contribution in [0.1, 0.15) is 69.7 Å². The van der Waals surface area contributed by atoms with Gasteiger partial charge >= 0.3 is 11.9 Å². The van der Waals surface area contributed by atoms with Crippen LogP contribution in [-0.2, 0) is 152 Å². The van der Waals surface area contributed by atoms with E-state index in [4.69, 9.17) is 75.8 Å². The number of quaternary nitrogens is 1. The van der Waals surface area contributed by atoms with E-state index in [0.29, 0.717) is 68.3 Å². The third-order valence-corrected chi connectivity index (χ3v) is 21.8. The first-order valence-electron chi connectivity index (χ1n) is 42.2. The lowest BCUT2D eigenvalue weighted by molar-refractivity contribution is -0.765. The van der Waals surface area contributed by atoms with Crippen LogP contribution >= 0.6 is 0 Å². The lowest BCUT2D eigenvalue weighted by atomic mass is 9.97. The number of rotatable bonds is 62. The Labute approximate surface area is 730 Å². The Bertz CT molecular complexity index is 3770. The largest absolute Gasteiger partial charge is 0.480 e. The molecule has 0 aliphatic carbocycles. The lowest BCUT2D eigenvalue weighted by Gasteiger charge is -2.42. The van der Waals surface area contributed by atoms with Gasteiger partial charge in [0.25, 0.3) is 5.72 Å². The zero-order valence-electron chi connectivity index (χ0n) is 71.9. The van der Waals surface area contributed by atoms with Crippen molar-refractivity contribution in [2.24, 2.45) is 0 Å². The van der Waals surface area contributed by atoms with Crippen LogP contribution in [0.5, 0.6) is 0 Å². The molecule has 21 unspecified atom stereocenters. The number of nitrogens with zero attached hydrogens (tertiary/aromatic N) is 15. The number of carbonyl (C=O) groups is 5. The topological polar surface area (TPSA) is 661 Å². The molecule has 52 heteroatoms. The van der Waals surface area contributed by atoms with Crippen molar-refractivity contribution in [3.05, 3.63) is 47.6 Å². The van der Waals surface area contributed by atoms with Crippen molar-refractivity contribution in [3.63, 3.8) is 0 Å². The SMILES string of the molecule is CC(=O)NC1C(OCCOCCOCCn2cc(CN(CCCC[C@@H](C(=O)O)N(Cc3cn(CCOCCOCCOC4OC(CO)C(O)C(O)C4NC(C)=O)nn3)Cc3cn(CCOCCOCCOC4OC(CO)C(O)C(O)C4NC(C)=O)nn3)Cc3cn(CCOCCOCCOC4OC(CO)C(O)C5(O)C4[N+]5(C)C(C)=O)nn3)nn2)OC(CO)C(O)C1O. The summed E-state index contributed by atoms with van der Waals surface area (Å²) in [5.41, 5.74) is 0.227. The molecule has 127 heavy (non-hydrogen) atoms. The third kappa shape index (κ3) is 30.5. The summed E-state index contributed by atoms with van der Waals surface area (Å²) >= 11 is 0. The maximum absolute atomic E-state index is 13.6. The van der Waals surface area contributed by atoms with Gasteiger partial charge in [-0.2, -0.15) is 0 Å². The molecule has 0 bridgehead atoms. The number of aromatic nitrogens is 12. The van der Waals surface area contributed by atoms with Gasteiger partial charge in [-0.3, -0.25) is 29.0 Å². The highest BCUT2D eigenvalue weighted by atomic mass is 16.7. The van der Waals surface area contributed by atoms with Gasteiger partial charge in [-0.15, -0.1) is 20.4 Å². The summed E-state index contributed by atoms with van der Waals surface area (Å²) < 4.78 is 97.2. The number of aliphatic carboxylic acids is 1. The molecule has 5 fully saturated rings. The summed E-state index contributed by atoms with van der Waals surface area (Å²) in [7, 11) is 1.48. The number of unbranched alkanes of at least 4 members (excludes halogenated alkanes) is 1. The predicted molar refractivity (Wildman–Crippen MR) is 423 cm³/mol. The number of hydrogen-bond acceptors (Lipinski definition) is 43. The van der Waals surface area contributed by atoms with Crippen LogP contribution in [0.2, 0.25) is 0 Å². The first-order valence-corrected chi connectivity index (χ1v) is 42.2. The molecule has 0 spiro atoms. The molecule has 4 aromatic rings. The Hall–Kier alpha value is -7.13. The Morgan fingerprint density at radius 3 is 1.02 bits per heavy atom. The van der Waals surface area contributed by atoms with E-state index in [1.165, 1.54) is 34.7 Å². The van der Waals surface area contributed by atoms with E-state index >= 15 is 0 Å². The number of carbonyl (C=O) groups excluding carboxylic acids is 4. The number of hydrogen-bond donors (Lipinski definition) is 16. The fraction of sp³-hybridized carbons (Fsp3) is 0.827. The number of aliphatic hydroxyl groups is 12. The number of amides is 4. The Balaban J connectivity index is 0.774. The van der Waals surface area contributed by atoms with Gasteiger partial charge in [0.2, 0.25) is 30.1 Å². The molecule has 4 amide bonds. The van der Waals surface area contributed by atoms with Crippen molar-refractivity contribution in [1.82, 2.24) is 85.7 Å². The average Bonchev–Trinajstić information content (AvgIpc) is 1.48. The minimum Gasteiger partial charge on any atom is -0.480 e. The Morgan fingerprint density at radius 2 is 0.717 bits per heavy atom. The van der Waals surface area contributed by atoms with Crippen molar-refractivity contribution < 1.29 is 171 Å². The van der Waals surface area contributed by atoms with Gasteiger partial charge in [0.1, 0.15) is 85.2 Å². The molecule has 9 heterocycles. The molecule has 720 valence electrons. The van der Waals surface area contributed by atoms with Crippen LogP contribution in [0.3, 0.4) is 0 Å². The van der Waals surface area contributed by atoms with E-state index in [1.807, 2.05) is 0 Å². The molecule has 0 aromatic carbocycles. The van der Waals surface area contributed by atoms with Crippen LogP contribution in [-0.4, -0.2) is 471 Å². The van der Waals surface area contributed by atoms with Gasteiger partial charge < -0.3 is 158 Å². The minimum absolute atomic E-state index is 0.0139. The molecule has 0 saturated carbocycles. The number of aliphatic hydroxyl groups excluding tert-OH is 11. The van der Waals surface area contributed by atoms with Crippen molar-refractivity contribution in [1.29, 1.82) is 0 Å². The second-order valence-corrected chi connectivity index (χ2v) is 31.0. The predicted octanol–water partition coefficient (Wildman–Crippen LogP) is -10.4. The van der Waals surface area contributed by atoms with E-state index in [9.17, 15) is 90.4 Å². The molecular formula is C75H127N18O34+. The summed E-state index contributed by atoms with van der Waals surface area (Å²) in [4.78, 5) is 65.4. The summed E-state index contributed by atoms with van der Waals surface area (Å²) in [6.07, 6.45) is -11.5. The highest BCUT2D eigenvalue weighted by Gasteiger charge is 2.89. The zero-order chi connectivity index (χ0) is 91.6. The summed E-state index contributed by atoms with van der Waals surface area (Å²) in [5.74, 6) is -2.98. The lowest BCUT2D eigenvalue weighted by Crippen LogP contribution is -2.64.